The summed E-state index contributed by atoms with van der Waals surface area (Å²) in [6.07, 6.45) is 0. The number of carbonyl (C=O) groups is 2. The molecule has 0 aliphatic heterocycles. The topological polar surface area (TPSA) is 73.9 Å². The first-order chi connectivity index (χ1) is 13.4. The molecule has 7 heteroatoms. The number of hydrogen-bond acceptors (Lipinski definition) is 5. The van der Waals surface area contributed by atoms with Crippen LogP contribution in [0.25, 0.3) is 0 Å². The summed E-state index contributed by atoms with van der Waals surface area (Å²) in [6, 6.07) is 9.89. The minimum Gasteiger partial charge on any atom is -0.493 e. The Morgan fingerprint density at radius 3 is 2.36 bits per heavy atom. The lowest BCUT2D eigenvalue weighted by Gasteiger charge is -2.21. The van der Waals surface area contributed by atoms with Crippen molar-refractivity contribution >= 4 is 11.9 Å². The molecule has 6 nitrogen and oxygen atoms in total. The Balaban J connectivity index is 2.10. The number of ether oxygens (including phenoxy) is 3. The highest BCUT2D eigenvalue weighted by Crippen LogP contribution is 2.31. The summed E-state index contributed by atoms with van der Waals surface area (Å²) in [7, 11) is 3.01. The molecular weight excluding hydrogens is 365 g/mol. The van der Waals surface area contributed by atoms with Crippen LogP contribution in [0.5, 0.6) is 11.5 Å². The third-order valence-electron chi connectivity index (χ3n) is 4.18. The van der Waals surface area contributed by atoms with Gasteiger partial charge in [0.1, 0.15) is 18.5 Å². The molecule has 0 saturated carbocycles. The number of nitrogens with one attached hydrogen (secondary N) is 1. The fourth-order valence-corrected chi connectivity index (χ4v) is 2.67. The molecule has 2 aromatic carbocycles. The second-order valence-corrected chi connectivity index (χ2v) is 6.44. The fraction of sp³-hybridized carbons (Fsp3) is 0.333. The van der Waals surface area contributed by atoms with Crippen LogP contribution < -0.4 is 14.8 Å². The molecular formula is C21H24FNO5. The molecule has 0 aliphatic carbocycles. The summed E-state index contributed by atoms with van der Waals surface area (Å²) < 4.78 is 29.7. The van der Waals surface area contributed by atoms with Crippen LogP contribution in [-0.4, -0.2) is 32.1 Å². The molecule has 2 aromatic rings. The Kier molecular flexibility index (Phi) is 7.37. The third kappa shape index (κ3) is 5.00. The van der Waals surface area contributed by atoms with Crippen molar-refractivity contribution in [1.29, 1.82) is 0 Å². The van der Waals surface area contributed by atoms with E-state index in [2.05, 4.69) is 5.32 Å². The molecule has 1 N–H and O–H groups in total. The molecule has 150 valence electrons. The van der Waals surface area contributed by atoms with Gasteiger partial charge in [0.2, 0.25) is 0 Å². The van der Waals surface area contributed by atoms with Gasteiger partial charge in [-0.25, -0.2) is 9.18 Å². The quantitative estimate of drug-likeness (QED) is 0.701. The van der Waals surface area contributed by atoms with Gasteiger partial charge in [-0.3, -0.25) is 4.79 Å². The SMILES string of the molecule is COc1cccc(COC(=O)[C@@H](NC(=O)c2ccccc2F)C(C)C)c1OC. The first kappa shape index (κ1) is 21.2. The molecule has 0 fully saturated rings. The Hall–Kier alpha value is -3.09. The summed E-state index contributed by atoms with van der Waals surface area (Å²) in [5.41, 5.74) is 0.494. The minimum atomic E-state index is -0.927. The third-order valence-corrected chi connectivity index (χ3v) is 4.18. The van der Waals surface area contributed by atoms with E-state index < -0.39 is 23.7 Å². The van der Waals surface area contributed by atoms with Crippen LogP contribution in [0.2, 0.25) is 0 Å². The number of rotatable bonds is 8. The van der Waals surface area contributed by atoms with E-state index in [9.17, 15) is 14.0 Å². The summed E-state index contributed by atoms with van der Waals surface area (Å²) in [5, 5.41) is 2.55. The molecule has 1 amide bonds. The number of halogens is 1. The Labute approximate surface area is 163 Å². The van der Waals surface area contributed by atoms with E-state index in [1.807, 2.05) is 0 Å². The second-order valence-electron chi connectivity index (χ2n) is 6.44. The zero-order chi connectivity index (χ0) is 20.7. The van der Waals surface area contributed by atoms with Gasteiger partial charge in [-0.2, -0.15) is 0 Å². The highest BCUT2D eigenvalue weighted by atomic mass is 19.1. The zero-order valence-electron chi connectivity index (χ0n) is 16.3. The first-order valence-corrected chi connectivity index (χ1v) is 8.81. The van der Waals surface area contributed by atoms with Crippen molar-refractivity contribution in [2.24, 2.45) is 5.92 Å². The molecule has 0 radical (unpaired) electrons. The lowest BCUT2D eigenvalue weighted by Crippen LogP contribution is -2.45. The number of esters is 1. The van der Waals surface area contributed by atoms with Crippen LogP contribution in [0.1, 0.15) is 29.8 Å². The van der Waals surface area contributed by atoms with E-state index in [4.69, 9.17) is 14.2 Å². The Bertz CT molecular complexity index is 837. The van der Waals surface area contributed by atoms with E-state index in [1.54, 1.807) is 38.1 Å². The average molecular weight is 389 g/mol. The maximum atomic E-state index is 13.8. The maximum Gasteiger partial charge on any atom is 0.329 e. The van der Waals surface area contributed by atoms with Crippen molar-refractivity contribution in [1.82, 2.24) is 5.32 Å². The van der Waals surface area contributed by atoms with Crippen molar-refractivity contribution < 1.29 is 28.2 Å². The maximum absolute atomic E-state index is 13.8. The predicted octanol–water partition coefficient (Wildman–Crippen LogP) is 3.34. The fourth-order valence-electron chi connectivity index (χ4n) is 2.67. The van der Waals surface area contributed by atoms with E-state index in [0.717, 1.165) is 0 Å². The van der Waals surface area contributed by atoms with Crippen LogP contribution in [0, 0.1) is 11.7 Å². The second kappa shape index (κ2) is 9.73. The zero-order valence-corrected chi connectivity index (χ0v) is 16.3. The summed E-state index contributed by atoms with van der Waals surface area (Å²) in [6.45, 7) is 3.47. The van der Waals surface area contributed by atoms with Crippen LogP contribution in [0.4, 0.5) is 4.39 Å². The van der Waals surface area contributed by atoms with Gasteiger partial charge in [-0.05, 0) is 24.1 Å². The summed E-state index contributed by atoms with van der Waals surface area (Å²) in [4.78, 5) is 24.9. The van der Waals surface area contributed by atoms with Gasteiger partial charge < -0.3 is 19.5 Å². The highest BCUT2D eigenvalue weighted by molar-refractivity contribution is 5.97. The smallest absolute Gasteiger partial charge is 0.329 e. The normalized spacial score (nSPS) is 11.6. The molecule has 2 rings (SSSR count). The van der Waals surface area contributed by atoms with Gasteiger partial charge >= 0.3 is 5.97 Å². The van der Waals surface area contributed by atoms with Crippen LogP contribution in [-0.2, 0) is 16.1 Å². The average Bonchev–Trinajstić information content (AvgIpc) is 2.69. The van der Waals surface area contributed by atoms with Crippen molar-refractivity contribution in [3.05, 3.63) is 59.4 Å². The number of amides is 1. The van der Waals surface area contributed by atoms with Crippen LogP contribution in [0.15, 0.2) is 42.5 Å². The molecule has 0 saturated heterocycles. The molecule has 28 heavy (non-hydrogen) atoms. The van der Waals surface area contributed by atoms with E-state index in [-0.39, 0.29) is 18.1 Å². The molecule has 0 aliphatic rings. The van der Waals surface area contributed by atoms with Gasteiger partial charge in [0.15, 0.2) is 11.5 Å². The first-order valence-electron chi connectivity index (χ1n) is 8.81. The van der Waals surface area contributed by atoms with Crippen molar-refractivity contribution in [3.63, 3.8) is 0 Å². The summed E-state index contributed by atoms with van der Waals surface area (Å²) >= 11 is 0. The number of benzene rings is 2. The molecule has 0 unspecified atom stereocenters. The number of para-hydroxylation sites is 1. The van der Waals surface area contributed by atoms with Crippen LogP contribution >= 0.6 is 0 Å². The predicted molar refractivity (Wildman–Crippen MR) is 102 cm³/mol. The number of methoxy groups -OCH3 is 2. The minimum absolute atomic E-state index is 0.0575. The van der Waals surface area contributed by atoms with Gasteiger partial charge in [0.25, 0.3) is 5.91 Å². The molecule has 0 aromatic heterocycles. The van der Waals surface area contributed by atoms with Crippen LogP contribution in [0.3, 0.4) is 0 Å². The van der Waals surface area contributed by atoms with Gasteiger partial charge in [0, 0.05) is 5.56 Å². The van der Waals surface area contributed by atoms with E-state index in [0.29, 0.717) is 17.1 Å². The number of hydrogen-bond donors (Lipinski definition) is 1. The standard InChI is InChI=1S/C21H24FNO5/c1-13(2)18(23-20(24)15-9-5-6-10-16(15)22)21(25)28-12-14-8-7-11-17(26-3)19(14)27-4/h5-11,13,18H,12H2,1-4H3,(H,23,24)/t18-/m0/s1. The van der Waals surface area contributed by atoms with Gasteiger partial charge in [-0.1, -0.05) is 38.1 Å². The molecule has 0 bridgehead atoms. The van der Waals surface area contributed by atoms with E-state index >= 15 is 0 Å². The monoisotopic (exact) mass is 389 g/mol. The lowest BCUT2D eigenvalue weighted by atomic mass is 10.0. The lowest BCUT2D eigenvalue weighted by molar-refractivity contribution is -0.148. The van der Waals surface area contributed by atoms with Crippen molar-refractivity contribution in [2.75, 3.05) is 14.2 Å². The molecule has 0 heterocycles. The highest BCUT2D eigenvalue weighted by Gasteiger charge is 2.27. The van der Waals surface area contributed by atoms with Gasteiger partial charge in [-0.15, -0.1) is 0 Å². The Morgan fingerprint density at radius 2 is 1.75 bits per heavy atom. The van der Waals surface area contributed by atoms with Crippen molar-refractivity contribution in [2.45, 2.75) is 26.5 Å². The van der Waals surface area contributed by atoms with E-state index in [1.165, 1.54) is 32.4 Å². The largest absolute Gasteiger partial charge is 0.493 e. The van der Waals surface area contributed by atoms with Gasteiger partial charge in [0.05, 0.1) is 19.8 Å². The summed E-state index contributed by atoms with van der Waals surface area (Å²) in [5.74, 6) is -1.22. The Morgan fingerprint density at radius 1 is 1.04 bits per heavy atom. The van der Waals surface area contributed by atoms with Crippen molar-refractivity contribution in [3.8, 4) is 11.5 Å². The number of carbonyl (C=O) groups excluding carboxylic acids is 2. The molecule has 1 atom stereocenters. The molecule has 0 spiro atoms.